The van der Waals surface area contributed by atoms with E-state index in [4.69, 9.17) is 15.5 Å². The molecule has 4 nitrogen and oxygen atoms in total. The highest BCUT2D eigenvalue weighted by Gasteiger charge is 2.29. The molecular formula is C15H21N3O. The summed E-state index contributed by atoms with van der Waals surface area (Å²) in [5.74, 6) is 1.53. The van der Waals surface area contributed by atoms with Gasteiger partial charge in [-0.05, 0) is 25.0 Å². The topological polar surface area (TPSA) is 53.1 Å². The van der Waals surface area contributed by atoms with Crippen LogP contribution in [0.4, 0.5) is 0 Å². The molecule has 0 spiro atoms. The number of para-hydroxylation sites is 2. The molecule has 1 fully saturated rings. The fourth-order valence-corrected chi connectivity index (χ4v) is 3.10. The summed E-state index contributed by atoms with van der Waals surface area (Å²) in [5, 5.41) is 0. The molecule has 1 aromatic heterocycles. The number of ether oxygens (including phenoxy) is 1. The van der Waals surface area contributed by atoms with Crippen molar-refractivity contribution in [3.05, 3.63) is 30.1 Å². The Morgan fingerprint density at radius 2 is 2.21 bits per heavy atom. The van der Waals surface area contributed by atoms with Gasteiger partial charge in [0.15, 0.2) is 0 Å². The van der Waals surface area contributed by atoms with Crippen molar-refractivity contribution in [3.8, 4) is 0 Å². The van der Waals surface area contributed by atoms with Crippen LogP contribution in [0.2, 0.25) is 0 Å². The van der Waals surface area contributed by atoms with E-state index in [9.17, 15) is 0 Å². The van der Waals surface area contributed by atoms with Crippen molar-refractivity contribution < 1.29 is 4.74 Å². The Hall–Kier alpha value is -1.39. The lowest BCUT2D eigenvalue weighted by atomic mass is 10.0. The van der Waals surface area contributed by atoms with Crippen LogP contribution in [0.3, 0.4) is 0 Å². The van der Waals surface area contributed by atoms with Crippen LogP contribution >= 0.6 is 0 Å². The number of imidazole rings is 1. The van der Waals surface area contributed by atoms with Crippen LogP contribution in [-0.4, -0.2) is 29.3 Å². The van der Waals surface area contributed by atoms with E-state index in [2.05, 4.69) is 22.8 Å². The minimum atomic E-state index is 0.248. The van der Waals surface area contributed by atoms with Gasteiger partial charge in [0.05, 0.1) is 17.6 Å². The number of aromatic nitrogens is 2. The van der Waals surface area contributed by atoms with Gasteiger partial charge in [-0.15, -0.1) is 0 Å². The number of fused-ring (bicyclic) bond motifs is 1. The molecule has 2 aromatic rings. The van der Waals surface area contributed by atoms with E-state index in [-0.39, 0.29) is 6.04 Å². The van der Waals surface area contributed by atoms with E-state index in [1.807, 2.05) is 6.07 Å². The second kappa shape index (κ2) is 5.31. The summed E-state index contributed by atoms with van der Waals surface area (Å²) in [5.41, 5.74) is 8.50. The molecule has 2 N–H and O–H groups in total. The molecule has 1 aliphatic rings. The number of rotatable bonds is 4. The predicted molar refractivity (Wildman–Crippen MR) is 76.2 cm³/mol. The van der Waals surface area contributed by atoms with Crippen LogP contribution in [0.1, 0.15) is 31.0 Å². The van der Waals surface area contributed by atoms with Crippen LogP contribution in [0.25, 0.3) is 11.0 Å². The Labute approximate surface area is 113 Å². The average molecular weight is 259 g/mol. The van der Waals surface area contributed by atoms with Gasteiger partial charge in [-0.1, -0.05) is 18.6 Å². The molecule has 2 atom stereocenters. The smallest absolute Gasteiger partial charge is 0.114 e. The summed E-state index contributed by atoms with van der Waals surface area (Å²) in [6.45, 7) is 1.55. The van der Waals surface area contributed by atoms with Crippen molar-refractivity contribution >= 4 is 11.0 Å². The van der Waals surface area contributed by atoms with E-state index >= 15 is 0 Å². The summed E-state index contributed by atoms with van der Waals surface area (Å²) in [6, 6.07) is 8.54. The Morgan fingerprint density at radius 1 is 1.37 bits per heavy atom. The normalized spacial score (nSPS) is 23.3. The highest BCUT2D eigenvalue weighted by molar-refractivity contribution is 5.76. The first-order chi connectivity index (χ1) is 9.31. The fraction of sp³-hybridized carbons (Fsp3) is 0.533. The predicted octanol–water partition coefficient (Wildman–Crippen LogP) is 2.28. The van der Waals surface area contributed by atoms with Crippen molar-refractivity contribution in [1.82, 2.24) is 9.55 Å². The second-order valence-electron chi connectivity index (χ2n) is 5.30. The van der Waals surface area contributed by atoms with Crippen molar-refractivity contribution in [2.45, 2.75) is 37.8 Å². The number of nitrogens with two attached hydrogens (primary N) is 1. The van der Waals surface area contributed by atoms with Crippen LogP contribution in [0.5, 0.6) is 0 Å². The maximum Gasteiger partial charge on any atom is 0.114 e. The number of hydrogen-bond donors (Lipinski definition) is 1. The SMILES string of the molecule is COCCn1c(C2CCCC2N)nc2ccccc21. The molecule has 1 aromatic carbocycles. The molecule has 0 bridgehead atoms. The first kappa shape index (κ1) is 12.6. The molecule has 0 saturated heterocycles. The lowest BCUT2D eigenvalue weighted by molar-refractivity contribution is 0.187. The van der Waals surface area contributed by atoms with Crippen molar-refractivity contribution in [2.75, 3.05) is 13.7 Å². The van der Waals surface area contributed by atoms with Crippen LogP contribution < -0.4 is 5.73 Å². The minimum Gasteiger partial charge on any atom is -0.383 e. The van der Waals surface area contributed by atoms with Gasteiger partial charge in [0, 0.05) is 25.6 Å². The Balaban J connectivity index is 2.06. The fourth-order valence-electron chi connectivity index (χ4n) is 3.10. The molecule has 1 heterocycles. The Bertz CT molecular complexity index is 564. The monoisotopic (exact) mass is 259 g/mol. The molecule has 1 saturated carbocycles. The molecule has 4 heteroatoms. The highest BCUT2D eigenvalue weighted by atomic mass is 16.5. The summed E-state index contributed by atoms with van der Waals surface area (Å²) < 4.78 is 7.52. The maximum atomic E-state index is 6.25. The van der Waals surface area contributed by atoms with Crippen LogP contribution in [-0.2, 0) is 11.3 Å². The number of methoxy groups -OCH3 is 1. The van der Waals surface area contributed by atoms with Crippen molar-refractivity contribution in [1.29, 1.82) is 0 Å². The minimum absolute atomic E-state index is 0.248. The first-order valence-corrected chi connectivity index (χ1v) is 7.01. The third kappa shape index (κ3) is 2.26. The number of nitrogens with zero attached hydrogens (tertiary/aromatic N) is 2. The van der Waals surface area contributed by atoms with E-state index in [1.165, 1.54) is 11.9 Å². The number of benzene rings is 1. The average Bonchev–Trinajstić information content (AvgIpc) is 2.99. The third-order valence-electron chi connectivity index (χ3n) is 4.10. The number of hydrogen-bond acceptors (Lipinski definition) is 3. The van der Waals surface area contributed by atoms with Gasteiger partial charge < -0.3 is 15.0 Å². The van der Waals surface area contributed by atoms with E-state index < -0.39 is 0 Å². The van der Waals surface area contributed by atoms with Gasteiger partial charge >= 0.3 is 0 Å². The third-order valence-corrected chi connectivity index (χ3v) is 4.10. The summed E-state index contributed by atoms with van der Waals surface area (Å²) >= 11 is 0. The van der Waals surface area contributed by atoms with E-state index in [1.54, 1.807) is 7.11 Å². The molecule has 0 aliphatic heterocycles. The maximum absolute atomic E-state index is 6.25. The van der Waals surface area contributed by atoms with Gasteiger partial charge in [-0.2, -0.15) is 0 Å². The van der Waals surface area contributed by atoms with Gasteiger partial charge in [-0.25, -0.2) is 4.98 Å². The lowest BCUT2D eigenvalue weighted by Crippen LogP contribution is -2.25. The molecule has 1 aliphatic carbocycles. The van der Waals surface area contributed by atoms with Gasteiger partial charge in [0.2, 0.25) is 0 Å². The molecular weight excluding hydrogens is 238 g/mol. The molecule has 2 unspecified atom stereocenters. The largest absolute Gasteiger partial charge is 0.383 e. The highest BCUT2D eigenvalue weighted by Crippen LogP contribution is 2.34. The zero-order valence-corrected chi connectivity index (χ0v) is 11.4. The first-order valence-electron chi connectivity index (χ1n) is 7.01. The second-order valence-corrected chi connectivity index (χ2v) is 5.30. The van der Waals surface area contributed by atoms with Crippen molar-refractivity contribution in [2.24, 2.45) is 5.73 Å². The van der Waals surface area contributed by atoms with Crippen LogP contribution in [0, 0.1) is 0 Å². The standard InChI is InChI=1S/C15H21N3O/c1-19-10-9-18-14-8-3-2-7-13(14)17-15(18)11-5-4-6-12(11)16/h2-3,7-8,11-12H,4-6,9-10,16H2,1H3. The molecule has 0 amide bonds. The molecule has 0 radical (unpaired) electrons. The van der Waals surface area contributed by atoms with Gasteiger partial charge in [0.1, 0.15) is 5.82 Å². The van der Waals surface area contributed by atoms with Gasteiger partial charge in [0.25, 0.3) is 0 Å². The summed E-state index contributed by atoms with van der Waals surface area (Å²) in [4.78, 5) is 4.83. The lowest BCUT2D eigenvalue weighted by Gasteiger charge is -2.17. The molecule has 3 rings (SSSR count). The quantitative estimate of drug-likeness (QED) is 0.916. The van der Waals surface area contributed by atoms with Crippen molar-refractivity contribution in [3.63, 3.8) is 0 Å². The Morgan fingerprint density at radius 3 is 2.95 bits per heavy atom. The zero-order chi connectivity index (χ0) is 13.2. The Kier molecular flexibility index (Phi) is 3.53. The van der Waals surface area contributed by atoms with Gasteiger partial charge in [-0.3, -0.25) is 0 Å². The molecule has 19 heavy (non-hydrogen) atoms. The van der Waals surface area contributed by atoms with E-state index in [0.29, 0.717) is 12.5 Å². The summed E-state index contributed by atoms with van der Waals surface area (Å²) in [6.07, 6.45) is 3.47. The van der Waals surface area contributed by atoms with E-state index in [0.717, 1.165) is 30.7 Å². The van der Waals surface area contributed by atoms with Crippen LogP contribution in [0.15, 0.2) is 24.3 Å². The summed E-state index contributed by atoms with van der Waals surface area (Å²) in [7, 11) is 1.74. The zero-order valence-electron chi connectivity index (χ0n) is 11.4. The molecule has 102 valence electrons.